The third-order valence-corrected chi connectivity index (χ3v) is 1.96. The van der Waals surface area contributed by atoms with E-state index in [0.717, 1.165) is 0 Å². The highest BCUT2D eigenvalue weighted by molar-refractivity contribution is 7.94. The van der Waals surface area contributed by atoms with Gasteiger partial charge in [-0.15, -0.1) is 0 Å². The molecule has 0 N–H and O–H groups in total. The van der Waals surface area contributed by atoms with Gasteiger partial charge in [-0.2, -0.15) is 4.33 Å². The molecule has 0 bridgehead atoms. The zero-order valence-corrected chi connectivity index (χ0v) is 7.34. The van der Waals surface area contributed by atoms with Crippen LogP contribution in [0, 0.1) is 29.1 Å². The fraction of sp³-hybridized carbons (Fsp3) is 0. The average Bonchev–Trinajstić information content (AvgIpc) is 2.24. The first-order valence-corrected chi connectivity index (χ1v) is 3.89. The van der Waals surface area contributed by atoms with E-state index < -0.39 is 46.0 Å². The Morgan fingerprint density at radius 3 is 1.60 bits per heavy atom. The molecule has 0 aromatic heterocycles. The second-order valence-corrected chi connectivity index (χ2v) is 2.83. The number of hydrogen-bond donors (Lipinski definition) is 0. The van der Waals surface area contributed by atoms with Crippen LogP contribution >= 0.6 is 12.0 Å². The minimum absolute atomic E-state index is 0.421. The van der Waals surface area contributed by atoms with Gasteiger partial charge in [-0.25, -0.2) is 22.0 Å². The van der Waals surface area contributed by atoms with Crippen molar-refractivity contribution in [2.75, 3.05) is 0 Å². The maximum Gasteiger partial charge on any atom is 0.200 e. The first-order valence-electron chi connectivity index (χ1n) is 3.15. The van der Waals surface area contributed by atoms with E-state index in [2.05, 4.69) is 9.37 Å². The molecule has 0 saturated heterocycles. The lowest BCUT2D eigenvalue weighted by Gasteiger charge is -2.07. The lowest BCUT2D eigenvalue weighted by Crippen LogP contribution is -2.05. The van der Waals surface area contributed by atoms with Gasteiger partial charge in [0, 0.05) is 0 Å². The SMILES string of the molecule is [O-]OOSc1c(F)c(F)c(F)c(F)c1F. The smallest absolute Gasteiger partial charge is 0.200 e. The van der Waals surface area contributed by atoms with Gasteiger partial charge in [-0.05, 0) is 0 Å². The summed E-state index contributed by atoms with van der Waals surface area (Å²) in [4.78, 5) is -1.36. The van der Waals surface area contributed by atoms with Crippen LogP contribution in [0.25, 0.3) is 0 Å². The normalized spacial score (nSPS) is 10.8. The van der Waals surface area contributed by atoms with E-state index in [1.807, 2.05) is 0 Å². The molecule has 0 unspecified atom stereocenters. The quantitative estimate of drug-likeness (QED) is 0.203. The molecule has 0 spiro atoms. The van der Waals surface area contributed by atoms with Gasteiger partial charge in [0.05, 0.1) is 12.0 Å². The molecule has 0 fully saturated rings. The van der Waals surface area contributed by atoms with Gasteiger partial charge in [-0.1, -0.05) is 0 Å². The highest BCUT2D eigenvalue weighted by Gasteiger charge is 2.26. The maximum atomic E-state index is 12.7. The van der Waals surface area contributed by atoms with E-state index in [1.165, 1.54) is 0 Å². The van der Waals surface area contributed by atoms with Crippen LogP contribution in [0.2, 0.25) is 0 Å². The molecule has 9 heteroatoms. The molecular weight excluding hydrogens is 247 g/mol. The van der Waals surface area contributed by atoms with E-state index >= 15 is 0 Å². The Balaban J connectivity index is 3.26. The van der Waals surface area contributed by atoms with E-state index in [4.69, 9.17) is 0 Å². The van der Waals surface area contributed by atoms with Crippen molar-refractivity contribution < 1.29 is 36.6 Å². The van der Waals surface area contributed by atoms with Crippen molar-refractivity contribution in [2.45, 2.75) is 4.90 Å². The van der Waals surface area contributed by atoms with Gasteiger partial charge in [0.15, 0.2) is 23.3 Å². The van der Waals surface area contributed by atoms with Crippen molar-refractivity contribution in [2.24, 2.45) is 0 Å². The summed E-state index contributed by atoms with van der Waals surface area (Å²) in [6.45, 7) is 0. The molecule has 0 aliphatic heterocycles. The number of hydrogen-bond acceptors (Lipinski definition) is 4. The Labute approximate surface area is 83.5 Å². The van der Waals surface area contributed by atoms with Crippen LogP contribution in [-0.4, -0.2) is 0 Å². The lowest BCUT2D eigenvalue weighted by atomic mass is 10.3. The summed E-state index contributed by atoms with van der Waals surface area (Å²) in [5, 5.41) is 12.0. The summed E-state index contributed by atoms with van der Waals surface area (Å²) >= 11 is -0.421. The fourth-order valence-corrected chi connectivity index (χ4v) is 1.13. The molecule has 1 aromatic carbocycles. The predicted octanol–water partition coefficient (Wildman–Crippen LogP) is 1.61. The molecule has 0 saturated carbocycles. The van der Waals surface area contributed by atoms with E-state index in [1.54, 1.807) is 0 Å². The summed E-state index contributed by atoms with van der Waals surface area (Å²) in [6, 6.07) is 0. The average molecular weight is 247 g/mol. The van der Waals surface area contributed by atoms with Crippen molar-refractivity contribution in [3.05, 3.63) is 29.1 Å². The van der Waals surface area contributed by atoms with E-state index in [-0.39, 0.29) is 0 Å². The molecule has 1 aromatic rings. The van der Waals surface area contributed by atoms with Crippen LogP contribution in [0.15, 0.2) is 4.90 Å². The topological polar surface area (TPSA) is 41.5 Å². The molecule has 1 rings (SSSR count). The molecule has 0 atom stereocenters. The predicted molar refractivity (Wildman–Crippen MR) is 34.3 cm³/mol. The zero-order valence-electron chi connectivity index (χ0n) is 6.52. The van der Waals surface area contributed by atoms with Crippen molar-refractivity contribution in [1.82, 2.24) is 0 Å². The summed E-state index contributed by atoms with van der Waals surface area (Å²) in [6.07, 6.45) is 0. The summed E-state index contributed by atoms with van der Waals surface area (Å²) in [5.74, 6) is -10.8. The van der Waals surface area contributed by atoms with Crippen LogP contribution in [0.3, 0.4) is 0 Å². The Kier molecular flexibility index (Phi) is 3.85. The summed E-state index contributed by atoms with van der Waals surface area (Å²) in [7, 11) is 0. The largest absolute Gasteiger partial charge is 0.691 e. The zero-order chi connectivity index (χ0) is 11.6. The molecule has 84 valence electrons. The standard InChI is InChI=1S/C6HF5O3S/c7-1-2(8)4(10)6(15-14-13-12)5(11)3(1)9/h12H/p-1. The van der Waals surface area contributed by atoms with Crippen LogP contribution in [0.5, 0.6) is 0 Å². The molecule has 0 radical (unpaired) electrons. The third kappa shape index (κ3) is 2.20. The maximum absolute atomic E-state index is 12.7. The molecule has 15 heavy (non-hydrogen) atoms. The van der Waals surface area contributed by atoms with Gasteiger partial charge in [0.1, 0.15) is 4.90 Å². The van der Waals surface area contributed by atoms with Gasteiger partial charge < -0.3 is 5.26 Å². The molecule has 0 aliphatic carbocycles. The first-order chi connectivity index (χ1) is 7.00. The second-order valence-electron chi connectivity index (χ2n) is 2.12. The van der Waals surface area contributed by atoms with Crippen molar-refractivity contribution >= 4 is 12.0 Å². The minimum atomic E-state index is -2.29. The Bertz CT molecular complexity index is 357. The van der Waals surface area contributed by atoms with Crippen molar-refractivity contribution in [3.63, 3.8) is 0 Å². The van der Waals surface area contributed by atoms with Gasteiger partial charge in [-0.3, -0.25) is 5.04 Å². The van der Waals surface area contributed by atoms with Gasteiger partial charge >= 0.3 is 0 Å². The van der Waals surface area contributed by atoms with Gasteiger partial charge in [0.2, 0.25) is 5.82 Å². The minimum Gasteiger partial charge on any atom is -0.691 e. The molecule has 0 aliphatic rings. The summed E-state index contributed by atoms with van der Waals surface area (Å²) < 4.78 is 66.4. The van der Waals surface area contributed by atoms with E-state index in [0.29, 0.717) is 0 Å². The van der Waals surface area contributed by atoms with Crippen LogP contribution in [0.1, 0.15) is 0 Å². The Hall–Kier alpha value is -0.900. The summed E-state index contributed by atoms with van der Waals surface area (Å²) in [5.41, 5.74) is 0. The molecular formula is C6F5O3S-. The molecule has 3 nitrogen and oxygen atoms in total. The van der Waals surface area contributed by atoms with Crippen LogP contribution in [-0.2, 0) is 9.37 Å². The first kappa shape index (κ1) is 12.2. The van der Waals surface area contributed by atoms with Crippen molar-refractivity contribution in [1.29, 1.82) is 0 Å². The highest BCUT2D eigenvalue weighted by Crippen LogP contribution is 2.30. The monoisotopic (exact) mass is 247 g/mol. The van der Waals surface area contributed by atoms with Crippen molar-refractivity contribution in [3.8, 4) is 0 Å². The molecule has 0 heterocycles. The molecule has 0 amide bonds. The number of halogens is 5. The Morgan fingerprint density at radius 1 is 0.800 bits per heavy atom. The van der Waals surface area contributed by atoms with E-state index in [9.17, 15) is 27.2 Å². The fourth-order valence-electron chi connectivity index (χ4n) is 0.706. The van der Waals surface area contributed by atoms with Crippen LogP contribution in [0.4, 0.5) is 22.0 Å². The van der Waals surface area contributed by atoms with Crippen LogP contribution < -0.4 is 5.26 Å². The number of rotatable bonds is 3. The van der Waals surface area contributed by atoms with Gasteiger partial charge in [0.25, 0.3) is 0 Å². The second kappa shape index (κ2) is 4.75. The Morgan fingerprint density at radius 2 is 1.20 bits per heavy atom. The highest BCUT2D eigenvalue weighted by atomic mass is 32.2. The number of benzene rings is 1. The third-order valence-electron chi connectivity index (χ3n) is 1.31. The lowest BCUT2D eigenvalue weighted by molar-refractivity contribution is -0.777.